The van der Waals surface area contributed by atoms with Crippen LogP contribution in [-0.4, -0.2) is 167 Å². The monoisotopic (exact) mass is 1570 g/mol. The van der Waals surface area contributed by atoms with Gasteiger partial charge in [0.15, 0.2) is 0 Å². The number of halogens is 1. The molecule has 592 valence electrons. The molecule has 0 aliphatic carbocycles. The van der Waals surface area contributed by atoms with Gasteiger partial charge in [-0.1, -0.05) is 18.2 Å². The molecular weight excluding hydrogens is 1490 g/mol. The van der Waals surface area contributed by atoms with Crippen molar-refractivity contribution in [2.24, 2.45) is 21.1 Å². The Hall–Kier alpha value is -15.5. The van der Waals surface area contributed by atoms with Crippen molar-refractivity contribution in [3.8, 4) is 62.1 Å². The number of anilines is 4. The van der Waals surface area contributed by atoms with Crippen molar-refractivity contribution < 1.29 is 57.6 Å². The zero-order chi connectivity index (χ0) is 82.3. The van der Waals surface area contributed by atoms with Gasteiger partial charge in [0.1, 0.15) is 52.0 Å². The molecule has 3 saturated heterocycles. The molecule has 12 aromatic rings. The summed E-state index contributed by atoms with van der Waals surface area (Å²) in [4.78, 5) is 115. The number of aryl methyl sites for hydroxylation is 3. The molecule has 116 heavy (non-hydrogen) atoms. The van der Waals surface area contributed by atoms with Crippen molar-refractivity contribution in [2.75, 3.05) is 62.2 Å². The van der Waals surface area contributed by atoms with Crippen molar-refractivity contribution in [2.45, 2.75) is 37.4 Å². The van der Waals surface area contributed by atoms with Gasteiger partial charge in [-0.15, -0.1) is 0 Å². The van der Waals surface area contributed by atoms with Crippen LogP contribution in [0.1, 0.15) is 81.4 Å². The summed E-state index contributed by atoms with van der Waals surface area (Å²) in [6, 6.07) is 41.7. The Morgan fingerprint density at radius 3 is 1.09 bits per heavy atom. The van der Waals surface area contributed by atoms with E-state index in [9.17, 15) is 58.5 Å². The van der Waals surface area contributed by atoms with E-state index in [0.29, 0.717) is 115 Å². The SMILES string of the molecule is Cn1cc(-c2cnc(N)c(C(=O)N[C@@H]3CCN(C(=O)c4ccc(O)cc4)C3)c2)cn1.Cn1cc(-c2cnc(N)c(C(=O)N[C@@H]3CCN(C(=O)c4ccc(Oc5cccc(N)c5)cc4)C3)c2)cn1.Cn1cc(-c2cnc(N)c(C(=O)N[C@@H]3CCN(C(=O)c4ccc(Oc5cccc([N+](=O)[O-])c5)cc4)C3)c2)cn1.O=[N+]([O-])c1cccc(F)c1. The Kier molecular flexibility index (Phi) is 25.0. The number of carbonyl (C=O) groups is 6. The first-order valence-electron chi connectivity index (χ1n) is 36.1. The molecule has 9 heterocycles. The van der Waals surface area contributed by atoms with E-state index in [1.807, 2.05) is 44.8 Å². The summed E-state index contributed by atoms with van der Waals surface area (Å²) in [5.74, 6) is 0.526. The minimum absolute atomic E-state index is 0.0740. The van der Waals surface area contributed by atoms with Gasteiger partial charge in [0.2, 0.25) is 0 Å². The van der Waals surface area contributed by atoms with E-state index < -0.39 is 15.7 Å². The highest BCUT2D eigenvalue weighted by molar-refractivity contribution is 6.02. The number of aromatic nitrogens is 9. The number of aromatic hydroxyl groups is 1. The summed E-state index contributed by atoms with van der Waals surface area (Å²) in [6.07, 6.45) is 17.3. The summed E-state index contributed by atoms with van der Waals surface area (Å²) >= 11 is 0. The Morgan fingerprint density at radius 1 is 0.431 bits per heavy atom. The molecule has 3 atom stereocenters. The molecule has 0 spiro atoms. The number of hydrogen-bond donors (Lipinski definition) is 8. The number of nitrogens with two attached hydrogens (primary N) is 4. The molecule has 35 heteroatoms. The number of hydrogen-bond acceptors (Lipinski definition) is 23. The molecule has 12 N–H and O–H groups in total. The molecule has 15 rings (SSSR count). The van der Waals surface area contributed by atoms with Gasteiger partial charge in [-0.3, -0.25) is 63.0 Å². The number of nitro groups is 2. The van der Waals surface area contributed by atoms with Crippen molar-refractivity contribution >= 4 is 70.0 Å². The molecule has 3 aliphatic heterocycles. The van der Waals surface area contributed by atoms with E-state index in [2.05, 4.69) is 46.2 Å². The highest BCUT2D eigenvalue weighted by Gasteiger charge is 2.33. The second-order valence-corrected chi connectivity index (χ2v) is 27.2. The zero-order valence-corrected chi connectivity index (χ0v) is 62.7. The maximum atomic E-state index is 13.1. The molecule has 6 aromatic carbocycles. The van der Waals surface area contributed by atoms with Crippen LogP contribution in [0.15, 0.2) is 220 Å². The van der Waals surface area contributed by atoms with Gasteiger partial charge < -0.3 is 68.2 Å². The van der Waals surface area contributed by atoms with Crippen molar-refractivity contribution in [3.05, 3.63) is 279 Å². The third kappa shape index (κ3) is 20.6. The predicted molar refractivity (Wildman–Crippen MR) is 426 cm³/mol. The second kappa shape index (κ2) is 36.1. The number of rotatable bonds is 18. The maximum absolute atomic E-state index is 13.1. The minimum atomic E-state index is -0.636. The first kappa shape index (κ1) is 80.1. The van der Waals surface area contributed by atoms with Gasteiger partial charge in [-0.05, 0) is 135 Å². The molecule has 34 nitrogen and oxygen atoms in total. The van der Waals surface area contributed by atoms with Crippen LogP contribution in [0.3, 0.4) is 0 Å². The van der Waals surface area contributed by atoms with Gasteiger partial charge in [0, 0.05) is 190 Å². The lowest BCUT2D eigenvalue weighted by molar-refractivity contribution is -0.385. The third-order valence-corrected chi connectivity index (χ3v) is 18.7. The average molecular weight is 1570 g/mol. The van der Waals surface area contributed by atoms with Crippen LogP contribution in [-0.2, 0) is 21.1 Å². The van der Waals surface area contributed by atoms with Crippen molar-refractivity contribution in [1.82, 2.24) is 74.9 Å². The van der Waals surface area contributed by atoms with E-state index >= 15 is 0 Å². The smallest absolute Gasteiger partial charge is 0.273 e. The topological polar surface area (TPSA) is 469 Å². The van der Waals surface area contributed by atoms with Crippen LogP contribution in [0, 0.1) is 26.0 Å². The molecular formula is C81H78FN21O13. The van der Waals surface area contributed by atoms with E-state index in [4.69, 9.17) is 32.4 Å². The van der Waals surface area contributed by atoms with Crippen molar-refractivity contribution in [1.29, 1.82) is 0 Å². The standard InChI is InChI=1S/C27H25N7O5.C27H27N7O3.C21H22N6O3.C6H4FNO2/c1-32-15-19(14-30-32)18-11-24(25(28)29-13-18)26(35)31-20-9-10-33(16-20)27(36)17-5-7-22(8-6-17)39-23-4-2-3-21(12-23)34(37)38;1-33-15-19(14-31-33)18-11-24(25(29)30-13-18)26(35)32-21-9-10-34(16-21)27(36)17-5-7-22(8-6-17)37-23-4-2-3-20(28)12-23;1-26-11-15(10-24-26)14-8-18(19(22)23-9-14)20(29)25-16-6-7-27(12-16)21(30)13-2-4-17(28)5-3-13;7-5-2-1-3-6(4-5)8(9)10/h2-8,11-15,20H,9-10,16H2,1H3,(H2,28,29)(H,31,35);2-8,11-15,21H,9-10,16,28H2,1H3,(H2,29,30)(H,32,35);2-5,8-11,16,28H,6-7,12H2,1H3,(H2,22,23)(H,25,29);1-4H/t20-;21-;16-;/m111./s1. The highest BCUT2D eigenvalue weighted by Crippen LogP contribution is 2.31. The number of phenols is 1. The van der Waals surface area contributed by atoms with Crippen LogP contribution in [0.25, 0.3) is 33.4 Å². The van der Waals surface area contributed by atoms with E-state index in [1.165, 1.54) is 42.5 Å². The number of nitrogens with one attached hydrogen (secondary N) is 3. The van der Waals surface area contributed by atoms with Crippen LogP contribution in [0.5, 0.6) is 28.7 Å². The van der Waals surface area contributed by atoms with E-state index in [0.717, 1.165) is 45.5 Å². The number of nitrogen functional groups attached to an aromatic ring is 4. The summed E-state index contributed by atoms with van der Waals surface area (Å²) < 4.78 is 28.7. The molecule has 6 aromatic heterocycles. The lowest BCUT2D eigenvalue weighted by Crippen LogP contribution is -2.38. The Bertz CT molecular complexity index is 5630. The molecule has 0 unspecified atom stereocenters. The summed E-state index contributed by atoms with van der Waals surface area (Å²) in [7, 11) is 5.43. The number of pyridine rings is 3. The maximum Gasteiger partial charge on any atom is 0.273 e. The van der Waals surface area contributed by atoms with Gasteiger partial charge in [0.05, 0.1) is 57.3 Å². The number of non-ortho nitro benzene ring substituents is 2. The number of amides is 6. The lowest BCUT2D eigenvalue weighted by Gasteiger charge is -2.18. The number of ether oxygens (including phenoxy) is 2. The fourth-order valence-electron chi connectivity index (χ4n) is 12.7. The summed E-state index contributed by atoms with van der Waals surface area (Å²) in [6.45, 7) is 2.72. The predicted octanol–water partition coefficient (Wildman–Crippen LogP) is 9.64. The van der Waals surface area contributed by atoms with E-state index in [-0.39, 0.29) is 93.7 Å². The highest BCUT2D eigenvalue weighted by atomic mass is 19.1. The third-order valence-electron chi connectivity index (χ3n) is 18.7. The second-order valence-electron chi connectivity index (χ2n) is 27.2. The Labute approximate surface area is 661 Å². The van der Waals surface area contributed by atoms with Gasteiger partial charge in [-0.2, -0.15) is 15.3 Å². The van der Waals surface area contributed by atoms with E-state index in [1.54, 1.807) is 170 Å². The van der Waals surface area contributed by atoms with Gasteiger partial charge in [-0.25, -0.2) is 19.3 Å². The van der Waals surface area contributed by atoms with Crippen LogP contribution in [0.2, 0.25) is 0 Å². The Balaban J connectivity index is 0.000000152. The molecule has 0 bridgehead atoms. The molecule has 0 radical (unpaired) electrons. The number of carbonyl (C=O) groups excluding carboxylic acids is 6. The molecule has 3 aliphatic rings. The molecule has 3 fully saturated rings. The Morgan fingerprint density at radius 2 is 0.767 bits per heavy atom. The van der Waals surface area contributed by atoms with Crippen LogP contribution < -0.4 is 48.4 Å². The lowest BCUT2D eigenvalue weighted by atomic mass is 10.1. The quantitative estimate of drug-likeness (QED) is 0.0225. The first-order chi connectivity index (χ1) is 55.7. The summed E-state index contributed by atoms with van der Waals surface area (Å²) in [5, 5.41) is 51.7. The number of benzene rings is 6. The first-order valence-corrected chi connectivity index (χ1v) is 36.1. The molecule has 6 amide bonds. The van der Waals surface area contributed by atoms with Crippen molar-refractivity contribution in [3.63, 3.8) is 0 Å². The fraction of sp³-hybridized carbons (Fsp3) is 0.185. The number of phenolic OH excluding ortho intramolecular Hbond substituents is 1. The van der Waals surface area contributed by atoms with Gasteiger partial charge in [0.25, 0.3) is 46.8 Å². The number of likely N-dealkylation sites (tertiary alicyclic amines) is 3. The van der Waals surface area contributed by atoms with Crippen LogP contribution in [0.4, 0.5) is 38.9 Å². The van der Waals surface area contributed by atoms with Crippen LogP contribution >= 0.6 is 0 Å². The number of nitrogens with zero attached hydrogens (tertiary/aromatic N) is 14. The average Bonchev–Trinajstić information content (AvgIpc) is 1.59. The largest absolute Gasteiger partial charge is 0.508 e. The minimum Gasteiger partial charge on any atom is -0.508 e. The summed E-state index contributed by atoms with van der Waals surface area (Å²) in [5.41, 5.74) is 31.1. The fourth-order valence-corrected chi connectivity index (χ4v) is 12.7. The number of nitro benzene ring substituents is 2. The molecule has 0 saturated carbocycles. The van der Waals surface area contributed by atoms with Gasteiger partial charge >= 0.3 is 0 Å². The zero-order valence-electron chi connectivity index (χ0n) is 62.7. The normalized spacial score (nSPS) is 14.6.